The fourth-order valence-corrected chi connectivity index (χ4v) is 6.75. The molecule has 0 nitrogen and oxygen atoms in total. The van der Waals surface area contributed by atoms with Crippen LogP contribution < -0.4 is 24.8 Å². The van der Waals surface area contributed by atoms with E-state index < -0.39 is 0 Å². The molecular formula is C41H42Cl2I2Zr-2. The van der Waals surface area contributed by atoms with Gasteiger partial charge in [0.25, 0.3) is 0 Å². The van der Waals surface area contributed by atoms with Gasteiger partial charge in [0, 0.05) is 0 Å². The van der Waals surface area contributed by atoms with Crippen LogP contribution in [0.5, 0.6) is 0 Å². The van der Waals surface area contributed by atoms with E-state index in [0.717, 1.165) is 19.3 Å². The summed E-state index contributed by atoms with van der Waals surface area (Å²) < 4.78 is 4.21. The molecular weight excluding hydrogens is 908 g/mol. The molecule has 6 rings (SSSR count). The molecule has 46 heavy (non-hydrogen) atoms. The van der Waals surface area contributed by atoms with Crippen molar-refractivity contribution < 1.29 is 49.0 Å². The summed E-state index contributed by atoms with van der Waals surface area (Å²) in [5.74, 6) is 0. The first-order valence-electron chi connectivity index (χ1n) is 15.2. The zero-order valence-corrected chi connectivity index (χ0v) is 35.8. The van der Waals surface area contributed by atoms with Crippen molar-refractivity contribution in [3.63, 3.8) is 0 Å². The number of allylic oxidation sites excluding steroid dienone is 4. The predicted molar refractivity (Wildman–Crippen MR) is 207 cm³/mol. The van der Waals surface area contributed by atoms with Crippen molar-refractivity contribution in [1.29, 1.82) is 0 Å². The van der Waals surface area contributed by atoms with Crippen LogP contribution >= 0.6 is 45.2 Å². The van der Waals surface area contributed by atoms with E-state index in [1.807, 2.05) is 12.2 Å². The number of hydrogen-bond acceptors (Lipinski definition) is 0. The van der Waals surface area contributed by atoms with Crippen LogP contribution in [0.25, 0.3) is 21.5 Å². The molecule has 0 radical (unpaired) electrons. The van der Waals surface area contributed by atoms with Gasteiger partial charge in [-0.15, -0.1) is 46.2 Å². The van der Waals surface area contributed by atoms with Crippen LogP contribution in [0, 0.1) is 13.2 Å². The van der Waals surface area contributed by atoms with Gasteiger partial charge >= 0.3 is 152 Å². The topological polar surface area (TPSA) is 0 Å². The Balaban J connectivity index is 0.000000270. The van der Waals surface area contributed by atoms with E-state index in [1.54, 1.807) is 27.4 Å². The Hall–Kier alpha value is -0.977. The minimum atomic E-state index is 0. The van der Waals surface area contributed by atoms with Crippen LogP contribution in [-0.4, -0.2) is 3.21 Å². The number of hydrogen-bond donors (Lipinski definition) is 0. The molecule has 0 bridgehead atoms. The van der Waals surface area contributed by atoms with Gasteiger partial charge in [-0.3, -0.25) is 6.08 Å². The molecule has 1 aliphatic carbocycles. The number of benzene rings is 4. The first kappa shape index (κ1) is 41.2. The standard InChI is InChI=1S/C21H25.C15H12I2.C5H5.2ClH.Zr/c1-20(2,3)16-9-7-14-11-15-8-10-17(21(4,5)6)13-19(15)18(14)12-16;16-14-8-4-12(5-9-14)2-1-3-13-6-10-15(17)11-7-13;1-2-4-5-3-1;;;/h7-13H,1-6H3;4-11H,2-3H2;1-3H,4H2;2*1H;/q-1;;-1;;;+2/p-2. The molecule has 0 aromatic heterocycles. The fraction of sp³-hybridized carbons (Fsp3) is 0.268. The molecule has 1 aliphatic rings. The zero-order valence-electron chi connectivity index (χ0n) is 27.5. The van der Waals surface area contributed by atoms with Crippen LogP contribution in [0.1, 0.15) is 70.2 Å². The number of rotatable bonds is 4. The zero-order chi connectivity index (χ0) is 31.9. The normalized spacial score (nSPS) is 12.0. The minimum absolute atomic E-state index is 0. The van der Waals surface area contributed by atoms with Gasteiger partial charge in [0.15, 0.2) is 0 Å². The van der Waals surface area contributed by atoms with Gasteiger partial charge < -0.3 is 24.8 Å². The maximum absolute atomic E-state index is 2.99. The van der Waals surface area contributed by atoms with Crippen molar-refractivity contribution in [2.24, 2.45) is 0 Å². The molecule has 0 N–H and O–H groups in total. The van der Waals surface area contributed by atoms with Crippen LogP contribution in [0.2, 0.25) is 0 Å². The first-order chi connectivity index (χ1) is 20.8. The third-order valence-electron chi connectivity index (χ3n) is 7.69. The Morgan fingerprint density at radius 2 is 1.09 bits per heavy atom. The Kier molecular flexibility index (Phi) is 16.7. The first-order valence-corrected chi connectivity index (χ1v) is 18.6. The molecule has 0 fully saturated rings. The summed E-state index contributed by atoms with van der Waals surface area (Å²) in [6, 6.07) is 33.8. The van der Waals surface area contributed by atoms with Crippen molar-refractivity contribution in [2.75, 3.05) is 0 Å². The van der Waals surface area contributed by atoms with E-state index >= 15 is 0 Å². The quantitative estimate of drug-likeness (QED) is 0.153. The van der Waals surface area contributed by atoms with Crippen molar-refractivity contribution in [2.45, 2.75) is 71.6 Å². The average molecular weight is 951 g/mol. The fourth-order valence-electron chi connectivity index (χ4n) is 5.03. The third-order valence-corrected chi connectivity index (χ3v) is 9.99. The molecule has 0 atom stereocenters. The Labute approximate surface area is 331 Å². The third kappa shape index (κ3) is 12.5. The van der Waals surface area contributed by atoms with E-state index in [-0.39, 0.29) is 35.6 Å². The molecule has 0 amide bonds. The maximum atomic E-state index is 2.99. The van der Waals surface area contributed by atoms with Gasteiger partial charge in [-0.25, -0.2) is 12.2 Å². The van der Waals surface area contributed by atoms with Gasteiger partial charge in [0.1, 0.15) is 0 Å². The SMILES string of the molecule is CC(C)(C)c1ccc2[cH-]c3ccc(C(C)(C)C)cc3c2c1.[C-]1=CC=CC1.[Cl-].[Cl-].[Zr+2]=[C](Cc1ccc(I)cc1)Cc1ccc(I)cc1. The Morgan fingerprint density at radius 3 is 1.39 bits per heavy atom. The van der Waals surface area contributed by atoms with E-state index in [0.29, 0.717) is 0 Å². The van der Waals surface area contributed by atoms with Crippen molar-refractivity contribution in [1.82, 2.24) is 0 Å². The molecule has 0 aliphatic heterocycles. The van der Waals surface area contributed by atoms with Gasteiger partial charge in [0.2, 0.25) is 0 Å². The second-order valence-electron chi connectivity index (χ2n) is 13.5. The molecule has 5 aromatic carbocycles. The van der Waals surface area contributed by atoms with Gasteiger partial charge in [-0.05, 0) is 10.8 Å². The van der Waals surface area contributed by atoms with Crippen LogP contribution in [0.4, 0.5) is 0 Å². The summed E-state index contributed by atoms with van der Waals surface area (Å²) in [5.41, 5.74) is 6.05. The summed E-state index contributed by atoms with van der Waals surface area (Å²) in [6.07, 6.45) is 12.2. The summed E-state index contributed by atoms with van der Waals surface area (Å²) >= 11 is 6.25. The van der Waals surface area contributed by atoms with E-state index in [4.69, 9.17) is 0 Å². The predicted octanol–water partition coefficient (Wildman–Crippen LogP) is 6.02. The Morgan fingerprint density at radius 1 is 0.674 bits per heavy atom. The van der Waals surface area contributed by atoms with Crippen molar-refractivity contribution >= 4 is 69.9 Å². The van der Waals surface area contributed by atoms with Gasteiger partial charge in [0.05, 0.1) is 0 Å². The average Bonchev–Trinajstić information content (AvgIpc) is 3.66. The van der Waals surface area contributed by atoms with Gasteiger partial charge in [-0.1, -0.05) is 76.9 Å². The van der Waals surface area contributed by atoms with E-state index in [1.165, 1.54) is 50.9 Å². The summed E-state index contributed by atoms with van der Waals surface area (Å²) in [7, 11) is 0. The van der Waals surface area contributed by atoms with Crippen LogP contribution in [0.3, 0.4) is 0 Å². The molecule has 0 heterocycles. The summed E-state index contributed by atoms with van der Waals surface area (Å²) in [4.78, 5) is 0. The van der Waals surface area contributed by atoms with Crippen LogP contribution in [-0.2, 0) is 47.9 Å². The van der Waals surface area contributed by atoms with Crippen LogP contribution in [0.15, 0.2) is 109 Å². The molecule has 5 aromatic rings. The second-order valence-corrected chi connectivity index (χ2v) is 17.7. The van der Waals surface area contributed by atoms with E-state index in [2.05, 4.69) is 190 Å². The van der Waals surface area contributed by atoms with Crippen molar-refractivity contribution in [3.05, 3.63) is 145 Å². The second kappa shape index (κ2) is 18.7. The van der Waals surface area contributed by atoms with Crippen molar-refractivity contribution in [3.8, 4) is 0 Å². The summed E-state index contributed by atoms with van der Waals surface area (Å²) in [5, 5.41) is 5.49. The summed E-state index contributed by atoms with van der Waals surface area (Å²) in [6.45, 7) is 13.7. The Bertz CT molecular complexity index is 1640. The molecule has 240 valence electrons. The number of halogens is 4. The van der Waals surface area contributed by atoms with E-state index in [9.17, 15) is 0 Å². The molecule has 0 spiro atoms. The molecule has 5 heteroatoms. The monoisotopic (exact) mass is 948 g/mol. The molecule has 0 saturated heterocycles. The molecule has 0 unspecified atom stereocenters. The molecule has 0 saturated carbocycles. The van der Waals surface area contributed by atoms with Gasteiger partial charge in [-0.2, -0.15) is 6.08 Å². The number of fused-ring (bicyclic) bond motifs is 3.